The van der Waals surface area contributed by atoms with E-state index in [2.05, 4.69) is 45.1 Å². The Balaban J connectivity index is 1.40. The van der Waals surface area contributed by atoms with Crippen LogP contribution >= 0.6 is 0 Å². The highest BCUT2D eigenvalue weighted by molar-refractivity contribution is 5.78. The first-order valence-electron chi connectivity index (χ1n) is 11.7. The average molecular weight is 420 g/mol. The molecule has 164 valence electrons. The number of aromatic nitrogens is 1. The molecule has 0 radical (unpaired) electrons. The third-order valence-corrected chi connectivity index (χ3v) is 7.53. The van der Waals surface area contributed by atoms with E-state index < -0.39 is 0 Å². The second kappa shape index (κ2) is 8.62. The molecule has 3 aliphatic rings. The Bertz CT molecular complexity index is 929. The van der Waals surface area contributed by atoms with Gasteiger partial charge >= 0.3 is 0 Å². The molecule has 4 heterocycles. The number of benzene rings is 1. The minimum Gasteiger partial charge on any atom is -0.497 e. The molecule has 0 spiro atoms. The molecule has 5 nitrogen and oxygen atoms in total. The summed E-state index contributed by atoms with van der Waals surface area (Å²) in [5.41, 5.74) is 3.61. The third kappa shape index (κ3) is 4.20. The van der Waals surface area contributed by atoms with Gasteiger partial charge in [0.2, 0.25) is 5.91 Å². The van der Waals surface area contributed by atoms with Gasteiger partial charge < -0.3 is 9.64 Å². The second-order valence-corrected chi connectivity index (χ2v) is 9.64. The normalized spacial score (nSPS) is 28.3. The van der Waals surface area contributed by atoms with Gasteiger partial charge in [0.15, 0.2) is 0 Å². The Morgan fingerprint density at radius 1 is 1.13 bits per heavy atom. The Labute approximate surface area is 185 Å². The van der Waals surface area contributed by atoms with Crippen LogP contribution in [-0.4, -0.2) is 53.0 Å². The van der Waals surface area contributed by atoms with E-state index in [4.69, 9.17) is 4.74 Å². The van der Waals surface area contributed by atoms with Crippen molar-refractivity contribution in [2.75, 3.05) is 20.2 Å². The molecule has 5 rings (SSSR count). The van der Waals surface area contributed by atoms with Crippen molar-refractivity contribution in [1.29, 1.82) is 0 Å². The topological polar surface area (TPSA) is 45.7 Å². The van der Waals surface area contributed by atoms with Crippen LogP contribution in [0.15, 0.2) is 42.6 Å². The molecular weight excluding hydrogens is 386 g/mol. The maximum Gasteiger partial charge on any atom is 0.223 e. The van der Waals surface area contributed by atoms with Gasteiger partial charge in [0.05, 0.1) is 7.11 Å². The summed E-state index contributed by atoms with van der Waals surface area (Å²) in [6, 6.07) is 13.3. The highest BCUT2D eigenvalue weighted by Gasteiger charge is 2.49. The van der Waals surface area contributed by atoms with E-state index >= 15 is 0 Å². The smallest absolute Gasteiger partial charge is 0.223 e. The minimum atomic E-state index is 0.278. The number of fused-ring (bicyclic) bond motifs is 4. The number of carbonyl (C=O) groups excluding carboxylic acids is 1. The van der Waals surface area contributed by atoms with Crippen molar-refractivity contribution in [3.05, 3.63) is 59.4 Å². The number of carbonyl (C=O) groups is 1. The van der Waals surface area contributed by atoms with Crippen molar-refractivity contribution in [1.82, 2.24) is 14.8 Å². The van der Waals surface area contributed by atoms with Crippen LogP contribution in [0.2, 0.25) is 0 Å². The average Bonchev–Trinajstić information content (AvgIpc) is 2.78. The van der Waals surface area contributed by atoms with Crippen molar-refractivity contribution >= 4 is 5.91 Å². The number of piperidine rings is 3. The summed E-state index contributed by atoms with van der Waals surface area (Å²) in [7, 11) is 1.72. The number of rotatable bonds is 5. The molecule has 2 bridgehead atoms. The van der Waals surface area contributed by atoms with E-state index in [-0.39, 0.29) is 6.04 Å². The number of aryl methyl sites for hydroxylation is 1. The van der Waals surface area contributed by atoms with Crippen molar-refractivity contribution in [2.45, 2.75) is 57.7 Å². The lowest BCUT2D eigenvalue weighted by Crippen LogP contribution is -2.65. The number of methoxy groups -OCH3 is 1. The first-order chi connectivity index (χ1) is 15.1. The van der Waals surface area contributed by atoms with E-state index in [1.165, 1.54) is 17.5 Å². The van der Waals surface area contributed by atoms with Crippen LogP contribution in [0.3, 0.4) is 0 Å². The predicted molar refractivity (Wildman–Crippen MR) is 121 cm³/mol. The van der Waals surface area contributed by atoms with Gasteiger partial charge in [-0.25, -0.2) is 0 Å². The van der Waals surface area contributed by atoms with Crippen LogP contribution in [0, 0.1) is 18.8 Å². The summed E-state index contributed by atoms with van der Waals surface area (Å²) in [6.07, 6.45) is 7.07. The van der Waals surface area contributed by atoms with E-state index in [0.717, 1.165) is 50.3 Å². The zero-order valence-electron chi connectivity index (χ0n) is 18.7. The highest BCUT2D eigenvalue weighted by Crippen LogP contribution is 2.43. The van der Waals surface area contributed by atoms with E-state index in [1.807, 2.05) is 19.2 Å². The Morgan fingerprint density at radius 3 is 2.81 bits per heavy atom. The maximum atomic E-state index is 13.1. The summed E-state index contributed by atoms with van der Waals surface area (Å²) in [5, 5.41) is 0. The Morgan fingerprint density at radius 2 is 2.00 bits per heavy atom. The summed E-state index contributed by atoms with van der Waals surface area (Å²) in [4.78, 5) is 22.5. The molecule has 31 heavy (non-hydrogen) atoms. The Hall–Kier alpha value is -2.40. The molecule has 4 atom stereocenters. The fraction of sp³-hybridized carbons (Fsp3) is 0.538. The first kappa shape index (κ1) is 20.5. The van der Waals surface area contributed by atoms with E-state index in [9.17, 15) is 4.79 Å². The molecule has 0 N–H and O–H groups in total. The molecule has 3 aliphatic heterocycles. The maximum absolute atomic E-state index is 13.1. The quantitative estimate of drug-likeness (QED) is 0.739. The number of hydrogen-bond acceptors (Lipinski definition) is 4. The molecule has 1 aromatic heterocycles. The molecular formula is C26H33N3O2. The van der Waals surface area contributed by atoms with Crippen molar-refractivity contribution in [2.24, 2.45) is 11.8 Å². The third-order valence-electron chi connectivity index (χ3n) is 7.53. The SMILES string of the molecule is COc1cccc(C[C@H]2[C@H]3C[C@H](CN(Cc4ccc(C)nc4)C3)[C@@H]3CCCC(=O)N32)c1. The molecule has 1 aromatic carbocycles. The molecule has 0 saturated carbocycles. The van der Waals surface area contributed by atoms with Crippen LogP contribution < -0.4 is 4.74 Å². The monoisotopic (exact) mass is 419 g/mol. The van der Waals surface area contributed by atoms with E-state index in [1.54, 1.807) is 7.11 Å². The molecule has 0 aliphatic carbocycles. The largest absolute Gasteiger partial charge is 0.497 e. The second-order valence-electron chi connectivity index (χ2n) is 9.64. The zero-order valence-corrected chi connectivity index (χ0v) is 18.7. The van der Waals surface area contributed by atoms with Crippen molar-refractivity contribution in [3.63, 3.8) is 0 Å². The minimum absolute atomic E-state index is 0.278. The summed E-state index contributed by atoms with van der Waals surface area (Å²) in [5.74, 6) is 2.37. The number of nitrogens with zero attached hydrogens (tertiary/aromatic N) is 3. The van der Waals surface area contributed by atoms with Crippen LogP contribution in [0.5, 0.6) is 5.75 Å². The van der Waals surface area contributed by atoms with Crippen LogP contribution in [0.1, 0.15) is 42.5 Å². The van der Waals surface area contributed by atoms with Gasteiger partial charge in [-0.05, 0) is 73.8 Å². The van der Waals surface area contributed by atoms with Gasteiger partial charge in [-0.1, -0.05) is 18.2 Å². The zero-order chi connectivity index (χ0) is 21.4. The fourth-order valence-corrected chi connectivity index (χ4v) is 6.15. The molecule has 3 saturated heterocycles. The first-order valence-corrected chi connectivity index (χ1v) is 11.7. The molecule has 1 amide bonds. The van der Waals surface area contributed by atoms with Gasteiger partial charge in [0.1, 0.15) is 5.75 Å². The van der Waals surface area contributed by atoms with Gasteiger partial charge in [-0.3, -0.25) is 14.7 Å². The number of pyridine rings is 1. The lowest BCUT2D eigenvalue weighted by molar-refractivity contribution is -0.152. The highest BCUT2D eigenvalue weighted by atomic mass is 16.5. The van der Waals surface area contributed by atoms with E-state index in [0.29, 0.717) is 30.2 Å². The number of ether oxygens (including phenoxy) is 1. The summed E-state index contributed by atoms with van der Waals surface area (Å²) >= 11 is 0. The van der Waals surface area contributed by atoms with Gasteiger partial charge in [-0.15, -0.1) is 0 Å². The van der Waals surface area contributed by atoms with Crippen LogP contribution in [0.4, 0.5) is 0 Å². The summed E-state index contributed by atoms with van der Waals surface area (Å²) < 4.78 is 5.45. The lowest BCUT2D eigenvalue weighted by Gasteiger charge is -2.57. The predicted octanol–water partition coefficient (Wildman–Crippen LogP) is 3.84. The molecule has 2 aromatic rings. The number of amides is 1. The molecule has 0 unspecified atom stereocenters. The van der Waals surface area contributed by atoms with Crippen LogP contribution in [0.25, 0.3) is 0 Å². The van der Waals surface area contributed by atoms with Crippen molar-refractivity contribution < 1.29 is 9.53 Å². The van der Waals surface area contributed by atoms with Crippen LogP contribution in [-0.2, 0) is 17.8 Å². The fourth-order valence-electron chi connectivity index (χ4n) is 6.15. The summed E-state index contributed by atoms with van der Waals surface area (Å²) in [6.45, 7) is 5.12. The van der Waals surface area contributed by atoms with Gasteiger partial charge in [-0.2, -0.15) is 0 Å². The lowest BCUT2D eigenvalue weighted by atomic mass is 9.70. The van der Waals surface area contributed by atoms with Crippen molar-refractivity contribution in [3.8, 4) is 5.75 Å². The standard InChI is InChI=1S/C26H33N3O2/c1-18-9-10-20(14-27-18)15-28-16-21-13-22(17-28)25(29-24(21)7-4-8-26(29)30)12-19-5-3-6-23(11-19)31-2/h3,5-6,9-11,14,21-22,24-25H,4,7-8,12-13,15-17H2,1-2H3/t21-,22+,24+,25+/m1/s1. The number of likely N-dealkylation sites (tertiary alicyclic amines) is 1. The Kier molecular flexibility index (Phi) is 5.70. The van der Waals surface area contributed by atoms with Gasteiger partial charge in [0.25, 0.3) is 0 Å². The van der Waals surface area contributed by atoms with Gasteiger partial charge in [0, 0.05) is 50.0 Å². The molecule has 5 heteroatoms. The molecule has 3 fully saturated rings. The number of hydrogen-bond donors (Lipinski definition) is 0.